The zero-order valence-corrected chi connectivity index (χ0v) is 16.5. The third-order valence-corrected chi connectivity index (χ3v) is 5.18. The molecule has 3 rings (SSSR count). The van der Waals surface area contributed by atoms with Crippen molar-refractivity contribution < 1.29 is 9.53 Å². The monoisotopic (exact) mass is 366 g/mol. The Morgan fingerprint density at radius 3 is 2.63 bits per heavy atom. The van der Waals surface area contributed by atoms with E-state index < -0.39 is 5.92 Å². The Bertz CT molecular complexity index is 890. The number of methoxy groups -OCH3 is 1. The van der Waals surface area contributed by atoms with Gasteiger partial charge in [-0.2, -0.15) is 5.26 Å². The van der Waals surface area contributed by atoms with Crippen molar-refractivity contribution in [3.63, 3.8) is 0 Å². The molecule has 2 N–H and O–H groups in total. The highest BCUT2D eigenvalue weighted by atomic mass is 16.5. The maximum atomic E-state index is 13.2. The smallest absolute Gasteiger partial charge is 0.162 e. The van der Waals surface area contributed by atoms with Crippen molar-refractivity contribution >= 4 is 5.78 Å². The van der Waals surface area contributed by atoms with Crippen LogP contribution < -0.4 is 10.5 Å². The molecule has 1 aromatic carbocycles. The van der Waals surface area contributed by atoms with Crippen molar-refractivity contribution in [2.24, 2.45) is 11.1 Å². The molecule has 1 heterocycles. The average molecular weight is 366 g/mol. The lowest BCUT2D eigenvalue weighted by Gasteiger charge is -2.45. The first-order valence-corrected chi connectivity index (χ1v) is 8.97. The standard InChI is InChI=1S/C21H26N4O2/c1-21(2)10-16-19(17(26)11-21)18(13-7-6-8-14(9-13)27-5)15(12-22)20(23)25(16)24(3)4/h6-9,18H,10-11,23H2,1-5H3/t18-/m0/s1. The van der Waals surface area contributed by atoms with Gasteiger partial charge in [-0.15, -0.1) is 0 Å². The minimum atomic E-state index is -0.472. The first kappa shape index (κ1) is 19.0. The molecule has 0 saturated heterocycles. The molecule has 1 aliphatic carbocycles. The SMILES string of the molecule is COc1cccc([C@H]2C(C#N)=C(N)N(N(C)C)C3=C2C(=O)CC(C)(C)C3)c1. The Hall–Kier alpha value is -2.78. The number of nitrogens with zero attached hydrogens (tertiary/aromatic N) is 3. The van der Waals surface area contributed by atoms with E-state index in [2.05, 4.69) is 19.9 Å². The molecule has 6 heteroatoms. The summed E-state index contributed by atoms with van der Waals surface area (Å²) in [7, 11) is 5.33. The highest BCUT2D eigenvalue weighted by Gasteiger charge is 2.44. The highest BCUT2D eigenvalue weighted by molar-refractivity contribution is 6.00. The second-order valence-electron chi connectivity index (χ2n) is 8.08. The molecular weight excluding hydrogens is 340 g/mol. The predicted molar refractivity (Wildman–Crippen MR) is 103 cm³/mol. The van der Waals surface area contributed by atoms with Crippen LogP contribution in [-0.4, -0.2) is 37.0 Å². The maximum absolute atomic E-state index is 13.2. The Morgan fingerprint density at radius 2 is 2.04 bits per heavy atom. The number of nitriles is 1. The molecule has 1 aromatic rings. The molecule has 0 bridgehead atoms. The summed E-state index contributed by atoms with van der Waals surface area (Å²) in [6.07, 6.45) is 1.16. The van der Waals surface area contributed by atoms with E-state index in [9.17, 15) is 10.1 Å². The number of Topliss-reactive ketones (excluding diaryl/α,β-unsaturated/α-hetero) is 1. The van der Waals surface area contributed by atoms with Crippen molar-refractivity contribution in [2.45, 2.75) is 32.6 Å². The zero-order valence-electron chi connectivity index (χ0n) is 16.5. The summed E-state index contributed by atoms with van der Waals surface area (Å²) >= 11 is 0. The van der Waals surface area contributed by atoms with Crippen LogP contribution in [0.3, 0.4) is 0 Å². The fraction of sp³-hybridized carbons (Fsp3) is 0.429. The minimum absolute atomic E-state index is 0.0705. The predicted octanol–water partition coefficient (Wildman–Crippen LogP) is 2.91. The topological polar surface area (TPSA) is 82.6 Å². The summed E-state index contributed by atoms with van der Waals surface area (Å²) in [5.41, 5.74) is 9.06. The molecule has 27 heavy (non-hydrogen) atoms. The number of hydrogen-bond donors (Lipinski definition) is 1. The third-order valence-electron chi connectivity index (χ3n) is 5.18. The van der Waals surface area contributed by atoms with Crippen molar-refractivity contribution in [1.29, 1.82) is 5.26 Å². The molecule has 0 radical (unpaired) electrons. The largest absolute Gasteiger partial charge is 0.497 e. The molecule has 1 atom stereocenters. The van der Waals surface area contributed by atoms with E-state index in [1.165, 1.54) is 0 Å². The molecule has 0 amide bonds. The lowest BCUT2D eigenvalue weighted by Crippen LogP contribution is -2.47. The van der Waals surface area contributed by atoms with Crippen LogP contribution in [0.25, 0.3) is 0 Å². The lowest BCUT2D eigenvalue weighted by atomic mass is 9.69. The lowest BCUT2D eigenvalue weighted by molar-refractivity contribution is -0.119. The van der Waals surface area contributed by atoms with Crippen LogP contribution >= 0.6 is 0 Å². The van der Waals surface area contributed by atoms with Crippen LogP contribution in [0.4, 0.5) is 0 Å². The van der Waals surface area contributed by atoms with E-state index in [1.807, 2.05) is 48.4 Å². The number of hydrazine groups is 1. The summed E-state index contributed by atoms with van der Waals surface area (Å²) in [4.78, 5) is 13.2. The molecule has 0 unspecified atom stereocenters. The Morgan fingerprint density at radius 1 is 1.33 bits per heavy atom. The molecule has 6 nitrogen and oxygen atoms in total. The number of benzene rings is 1. The number of rotatable bonds is 3. The second kappa shape index (κ2) is 6.75. The first-order chi connectivity index (χ1) is 12.7. The van der Waals surface area contributed by atoms with Crippen LogP contribution in [0.1, 0.15) is 38.2 Å². The molecule has 1 aliphatic heterocycles. The summed E-state index contributed by atoms with van der Waals surface area (Å²) in [5.74, 6) is 0.657. The molecule has 0 fully saturated rings. The number of carbonyl (C=O) groups is 1. The van der Waals surface area contributed by atoms with Gasteiger partial charge in [-0.1, -0.05) is 26.0 Å². The van der Waals surface area contributed by atoms with Gasteiger partial charge in [0.1, 0.15) is 11.6 Å². The van der Waals surface area contributed by atoms with Gasteiger partial charge < -0.3 is 10.5 Å². The van der Waals surface area contributed by atoms with E-state index in [0.717, 1.165) is 11.3 Å². The Kier molecular flexibility index (Phi) is 4.75. The van der Waals surface area contributed by atoms with E-state index in [4.69, 9.17) is 10.5 Å². The van der Waals surface area contributed by atoms with Crippen molar-refractivity contribution in [2.75, 3.05) is 21.2 Å². The molecule has 142 valence electrons. The van der Waals surface area contributed by atoms with Crippen LogP contribution in [-0.2, 0) is 4.79 Å². The number of ether oxygens (including phenoxy) is 1. The fourth-order valence-electron chi connectivity index (χ4n) is 4.10. The van der Waals surface area contributed by atoms with E-state index in [1.54, 1.807) is 7.11 Å². The van der Waals surface area contributed by atoms with Gasteiger partial charge in [-0.05, 0) is 29.5 Å². The molecule has 0 saturated carbocycles. The van der Waals surface area contributed by atoms with Gasteiger partial charge in [-0.3, -0.25) is 9.80 Å². The van der Waals surface area contributed by atoms with Gasteiger partial charge in [0.05, 0.1) is 24.7 Å². The highest BCUT2D eigenvalue weighted by Crippen LogP contribution is 2.49. The van der Waals surface area contributed by atoms with E-state index >= 15 is 0 Å². The Balaban J connectivity index is 2.28. The molecule has 0 aromatic heterocycles. The number of nitrogens with two attached hydrogens (primary N) is 1. The van der Waals surface area contributed by atoms with Gasteiger partial charge >= 0.3 is 0 Å². The average Bonchev–Trinajstić information content (AvgIpc) is 2.59. The van der Waals surface area contributed by atoms with Gasteiger partial charge in [0, 0.05) is 31.8 Å². The van der Waals surface area contributed by atoms with Crippen LogP contribution in [0.15, 0.2) is 46.9 Å². The third kappa shape index (κ3) is 3.19. The molecule has 2 aliphatic rings. The van der Waals surface area contributed by atoms with Crippen molar-refractivity contribution in [3.8, 4) is 11.8 Å². The maximum Gasteiger partial charge on any atom is 0.162 e. The summed E-state index contributed by atoms with van der Waals surface area (Å²) in [6.45, 7) is 4.17. The van der Waals surface area contributed by atoms with Gasteiger partial charge in [0.2, 0.25) is 0 Å². The minimum Gasteiger partial charge on any atom is -0.497 e. The normalized spacial score (nSPS) is 22.0. The van der Waals surface area contributed by atoms with Gasteiger partial charge in [0.25, 0.3) is 0 Å². The van der Waals surface area contributed by atoms with Gasteiger partial charge in [-0.25, -0.2) is 5.01 Å². The van der Waals surface area contributed by atoms with Crippen LogP contribution in [0, 0.1) is 16.7 Å². The summed E-state index contributed by atoms with van der Waals surface area (Å²) < 4.78 is 5.35. The van der Waals surface area contributed by atoms with Crippen LogP contribution in [0.5, 0.6) is 5.75 Å². The zero-order chi connectivity index (χ0) is 19.9. The van der Waals surface area contributed by atoms with E-state index in [0.29, 0.717) is 35.6 Å². The van der Waals surface area contributed by atoms with E-state index in [-0.39, 0.29) is 11.2 Å². The van der Waals surface area contributed by atoms with Crippen LogP contribution in [0.2, 0.25) is 0 Å². The van der Waals surface area contributed by atoms with Crippen molar-refractivity contribution in [1.82, 2.24) is 10.0 Å². The Labute approximate surface area is 160 Å². The van der Waals surface area contributed by atoms with Crippen molar-refractivity contribution in [3.05, 3.63) is 52.5 Å². The quantitative estimate of drug-likeness (QED) is 0.886. The number of ketones is 1. The molecular formula is C21H26N4O2. The van der Waals surface area contributed by atoms with Gasteiger partial charge in [0.15, 0.2) is 5.78 Å². The molecule has 0 spiro atoms. The number of carbonyl (C=O) groups excluding carboxylic acids is 1. The fourth-order valence-corrected chi connectivity index (χ4v) is 4.10. The summed E-state index contributed by atoms with van der Waals surface area (Å²) in [5, 5.41) is 13.5. The first-order valence-electron chi connectivity index (χ1n) is 8.97. The summed E-state index contributed by atoms with van der Waals surface area (Å²) in [6, 6.07) is 9.76. The number of hydrogen-bond acceptors (Lipinski definition) is 6. The second-order valence-corrected chi connectivity index (χ2v) is 8.08. The number of allylic oxidation sites excluding steroid dienone is 3.